The summed E-state index contributed by atoms with van der Waals surface area (Å²) in [4.78, 5) is 14.1. The quantitative estimate of drug-likeness (QED) is 0.494. The average Bonchev–Trinajstić information content (AvgIpc) is 3.14. The Labute approximate surface area is 197 Å². The van der Waals surface area contributed by atoms with Crippen LogP contribution in [0.4, 0.5) is 0 Å². The second kappa shape index (κ2) is 9.99. The molecule has 1 fully saturated rings. The van der Waals surface area contributed by atoms with Crippen LogP contribution in [0.1, 0.15) is 16.8 Å². The van der Waals surface area contributed by atoms with Crippen LogP contribution in [0.3, 0.4) is 0 Å². The number of para-hydroxylation sites is 1. The van der Waals surface area contributed by atoms with Gasteiger partial charge in [0.15, 0.2) is 6.19 Å². The zero-order valence-corrected chi connectivity index (χ0v) is 20.5. The van der Waals surface area contributed by atoms with Crippen LogP contribution in [0.25, 0.3) is 0 Å². The number of halogens is 2. The highest BCUT2D eigenvalue weighted by molar-refractivity contribution is 9.11. The Morgan fingerprint density at radius 2 is 2.03 bits per heavy atom. The maximum absolute atomic E-state index is 12.8. The van der Waals surface area contributed by atoms with Crippen LogP contribution in [0, 0.1) is 11.5 Å². The van der Waals surface area contributed by atoms with E-state index in [-0.39, 0.29) is 29.9 Å². The number of likely N-dealkylation sites (tertiary alicyclic amines) is 1. The van der Waals surface area contributed by atoms with Crippen molar-refractivity contribution in [1.82, 2.24) is 14.9 Å². The van der Waals surface area contributed by atoms with E-state index in [9.17, 15) is 18.5 Å². The van der Waals surface area contributed by atoms with E-state index in [0.717, 1.165) is 0 Å². The Kier molecular flexibility index (Phi) is 7.59. The van der Waals surface area contributed by atoms with Crippen molar-refractivity contribution >= 4 is 47.8 Å². The fourth-order valence-electron chi connectivity index (χ4n) is 3.42. The molecule has 1 amide bonds. The first-order chi connectivity index (χ1) is 14.7. The van der Waals surface area contributed by atoms with Crippen LogP contribution >= 0.6 is 31.9 Å². The predicted octanol–water partition coefficient (Wildman–Crippen LogP) is 2.85. The van der Waals surface area contributed by atoms with Crippen molar-refractivity contribution in [3.63, 3.8) is 0 Å². The molecule has 8 nitrogen and oxygen atoms in total. The number of carbonyl (C=O) groups excluding carboxylic acids is 1. The lowest BCUT2D eigenvalue weighted by molar-refractivity contribution is 0.0942. The number of hydrogen-bond donors (Lipinski definition) is 2. The second-order valence-corrected chi connectivity index (χ2v) is 10.4. The summed E-state index contributed by atoms with van der Waals surface area (Å²) in [6, 6.07) is 10.9. The molecule has 0 aromatic heterocycles. The normalized spacial score (nSPS) is 18.5. The van der Waals surface area contributed by atoms with Crippen molar-refractivity contribution < 1.29 is 17.9 Å². The molecule has 0 aliphatic carbocycles. The average molecular weight is 572 g/mol. The first-order valence-corrected chi connectivity index (χ1v) is 12.4. The summed E-state index contributed by atoms with van der Waals surface area (Å²) < 4.78 is 34.6. The molecule has 1 aliphatic rings. The standard InChI is InChI=1S/C20H20Br2N4O4S/c1-30-18-5-3-2-4-16(18)20(27)24-10-15-9-14(11-26(15)12-23)25-31(28,29)19-8-13(21)6-7-17(19)22/h2-8,14-15,25H,9-11H2,1H3,(H,24,27)/t14-,15-/m1/s1. The van der Waals surface area contributed by atoms with Crippen molar-refractivity contribution in [2.24, 2.45) is 0 Å². The van der Waals surface area contributed by atoms with E-state index in [4.69, 9.17) is 4.74 Å². The van der Waals surface area contributed by atoms with Crippen LogP contribution in [0.15, 0.2) is 56.3 Å². The monoisotopic (exact) mass is 570 g/mol. The fourth-order valence-corrected chi connectivity index (χ4v) is 6.16. The maximum Gasteiger partial charge on any atom is 0.255 e. The molecule has 0 spiro atoms. The third-order valence-electron chi connectivity index (χ3n) is 4.90. The smallest absolute Gasteiger partial charge is 0.255 e. The first kappa shape index (κ1) is 23.5. The number of benzene rings is 2. The summed E-state index contributed by atoms with van der Waals surface area (Å²) in [5.74, 6) is 0.131. The molecule has 1 aliphatic heterocycles. The lowest BCUT2D eigenvalue weighted by Gasteiger charge is -2.18. The number of nitrogens with zero attached hydrogens (tertiary/aromatic N) is 2. The maximum atomic E-state index is 12.8. The summed E-state index contributed by atoms with van der Waals surface area (Å²) in [6.07, 6.45) is 2.46. The molecule has 1 heterocycles. The number of ether oxygens (including phenoxy) is 1. The molecule has 3 rings (SSSR count). The van der Waals surface area contributed by atoms with Gasteiger partial charge in [-0.05, 0) is 52.7 Å². The largest absolute Gasteiger partial charge is 0.496 e. The summed E-state index contributed by atoms with van der Waals surface area (Å²) in [5.41, 5.74) is 0.392. The Hall–Kier alpha value is -2.13. The Balaban J connectivity index is 1.66. The molecule has 0 bridgehead atoms. The van der Waals surface area contributed by atoms with Gasteiger partial charge in [0.2, 0.25) is 10.0 Å². The minimum absolute atomic E-state index is 0.110. The molecule has 0 radical (unpaired) electrons. The van der Waals surface area contributed by atoms with Crippen molar-refractivity contribution in [1.29, 1.82) is 5.26 Å². The SMILES string of the molecule is COc1ccccc1C(=O)NC[C@H]1C[C@@H](NS(=O)(=O)c2cc(Br)ccc2Br)CN1C#N. The molecule has 11 heteroatoms. The van der Waals surface area contributed by atoms with E-state index >= 15 is 0 Å². The zero-order valence-electron chi connectivity index (χ0n) is 16.5. The van der Waals surface area contributed by atoms with E-state index < -0.39 is 16.1 Å². The lowest BCUT2D eigenvalue weighted by Crippen LogP contribution is -2.38. The minimum Gasteiger partial charge on any atom is -0.496 e. The van der Waals surface area contributed by atoms with E-state index in [0.29, 0.717) is 26.7 Å². The Morgan fingerprint density at radius 3 is 2.74 bits per heavy atom. The highest BCUT2D eigenvalue weighted by Crippen LogP contribution is 2.27. The van der Waals surface area contributed by atoms with Crippen LogP contribution < -0.4 is 14.8 Å². The molecular weight excluding hydrogens is 552 g/mol. The van der Waals surface area contributed by atoms with Crippen LogP contribution in [0.5, 0.6) is 5.75 Å². The van der Waals surface area contributed by atoms with E-state index in [2.05, 4.69) is 48.1 Å². The summed E-state index contributed by atoms with van der Waals surface area (Å²) >= 11 is 6.55. The third kappa shape index (κ3) is 5.57. The molecule has 2 aromatic rings. The van der Waals surface area contributed by atoms with Gasteiger partial charge in [0, 0.05) is 28.1 Å². The molecule has 2 atom stereocenters. The lowest BCUT2D eigenvalue weighted by atomic mass is 10.1. The third-order valence-corrected chi connectivity index (χ3v) is 7.90. The molecule has 2 aromatic carbocycles. The van der Waals surface area contributed by atoms with Crippen molar-refractivity contribution in [2.45, 2.75) is 23.4 Å². The Morgan fingerprint density at radius 1 is 1.29 bits per heavy atom. The summed E-state index contributed by atoms with van der Waals surface area (Å²) in [5, 5.41) is 12.3. The number of nitriles is 1. The van der Waals surface area contributed by atoms with Crippen molar-refractivity contribution in [3.8, 4) is 11.9 Å². The number of hydrogen-bond acceptors (Lipinski definition) is 6. The van der Waals surface area contributed by atoms with Gasteiger partial charge in [0.25, 0.3) is 5.91 Å². The minimum atomic E-state index is -3.80. The van der Waals surface area contributed by atoms with Crippen molar-refractivity contribution in [3.05, 3.63) is 57.0 Å². The van der Waals surface area contributed by atoms with Gasteiger partial charge >= 0.3 is 0 Å². The van der Waals surface area contributed by atoms with Gasteiger partial charge in [-0.25, -0.2) is 13.1 Å². The van der Waals surface area contributed by atoms with Crippen LogP contribution in [-0.4, -0.2) is 51.5 Å². The number of sulfonamides is 1. The highest BCUT2D eigenvalue weighted by atomic mass is 79.9. The number of methoxy groups -OCH3 is 1. The first-order valence-electron chi connectivity index (χ1n) is 9.30. The number of amides is 1. The van der Waals surface area contributed by atoms with Gasteiger partial charge in [-0.15, -0.1) is 0 Å². The zero-order chi connectivity index (χ0) is 22.6. The van der Waals surface area contributed by atoms with Gasteiger partial charge < -0.3 is 15.0 Å². The number of nitrogens with one attached hydrogen (secondary N) is 2. The second-order valence-electron chi connectivity index (χ2n) is 6.95. The van der Waals surface area contributed by atoms with Gasteiger partial charge in [-0.2, -0.15) is 5.26 Å². The molecular formula is C20H20Br2N4O4S. The van der Waals surface area contributed by atoms with Crippen LogP contribution in [0.2, 0.25) is 0 Å². The summed E-state index contributed by atoms with van der Waals surface area (Å²) in [7, 11) is -2.32. The topological polar surface area (TPSA) is 112 Å². The van der Waals surface area contributed by atoms with Crippen molar-refractivity contribution in [2.75, 3.05) is 20.2 Å². The van der Waals surface area contributed by atoms with Gasteiger partial charge in [0.05, 0.1) is 23.6 Å². The van der Waals surface area contributed by atoms with Gasteiger partial charge in [0.1, 0.15) is 5.75 Å². The van der Waals surface area contributed by atoms with Gasteiger partial charge in [-0.3, -0.25) is 4.79 Å². The summed E-state index contributed by atoms with van der Waals surface area (Å²) in [6.45, 7) is 0.416. The number of carbonyl (C=O) groups is 1. The van der Waals surface area contributed by atoms with Gasteiger partial charge in [-0.1, -0.05) is 28.1 Å². The molecule has 0 saturated carbocycles. The molecule has 1 saturated heterocycles. The molecule has 31 heavy (non-hydrogen) atoms. The fraction of sp³-hybridized carbons (Fsp3) is 0.300. The molecule has 164 valence electrons. The van der Waals surface area contributed by atoms with E-state index in [1.165, 1.54) is 18.1 Å². The van der Waals surface area contributed by atoms with E-state index in [1.54, 1.807) is 36.4 Å². The predicted molar refractivity (Wildman–Crippen MR) is 122 cm³/mol. The molecule has 0 unspecified atom stereocenters. The molecule has 2 N–H and O–H groups in total. The van der Waals surface area contributed by atoms with Crippen LogP contribution in [-0.2, 0) is 10.0 Å². The highest BCUT2D eigenvalue weighted by Gasteiger charge is 2.35. The number of rotatable bonds is 7. The van der Waals surface area contributed by atoms with E-state index in [1.807, 2.05) is 0 Å². The Bertz CT molecular complexity index is 1120.